The fourth-order valence-electron chi connectivity index (χ4n) is 8.72. The first-order chi connectivity index (χ1) is 13.6. The summed E-state index contributed by atoms with van der Waals surface area (Å²) in [6.45, 7) is 11.4. The Morgan fingerprint density at radius 1 is 1.10 bits per heavy atom. The van der Waals surface area contributed by atoms with Crippen LogP contribution in [0.25, 0.3) is 0 Å². The fourth-order valence-corrected chi connectivity index (χ4v) is 8.72. The van der Waals surface area contributed by atoms with Gasteiger partial charge in [0.15, 0.2) is 0 Å². The van der Waals surface area contributed by atoms with Crippen molar-refractivity contribution < 1.29 is 20.1 Å². The summed E-state index contributed by atoms with van der Waals surface area (Å²) in [5, 5.41) is 30.8. The third-order valence-electron chi connectivity index (χ3n) is 10.3. The van der Waals surface area contributed by atoms with Gasteiger partial charge in [-0.3, -0.25) is 4.79 Å². The molecule has 4 aliphatic rings. The quantitative estimate of drug-likeness (QED) is 0.596. The molecule has 0 aromatic rings. The van der Waals surface area contributed by atoms with Crippen molar-refractivity contribution in [1.29, 1.82) is 0 Å². The third-order valence-corrected chi connectivity index (χ3v) is 10.3. The van der Waals surface area contributed by atoms with E-state index >= 15 is 0 Å². The summed E-state index contributed by atoms with van der Waals surface area (Å²) < 4.78 is 0. The molecule has 4 fully saturated rings. The molecule has 0 radical (unpaired) electrons. The molecule has 4 aliphatic carbocycles. The molecule has 0 spiro atoms. The number of carboxylic acids is 1. The highest BCUT2D eigenvalue weighted by Gasteiger charge is 2.63. The Labute approximate surface area is 175 Å². The maximum atomic E-state index is 11.4. The number of carbonyl (C=O) groups is 1. The molecule has 0 bridgehead atoms. The minimum atomic E-state index is -0.697. The number of rotatable bonds is 4. The summed E-state index contributed by atoms with van der Waals surface area (Å²) in [6, 6.07) is 0. The van der Waals surface area contributed by atoms with E-state index in [1.165, 1.54) is 6.42 Å². The van der Waals surface area contributed by atoms with Gasteiger partial charge in [0.25, 0.3) is 0 Å². The van der Waals surface area contributed by atoms with Gasteiger partial charge in [-0.25, -0.2) is 0 Å². The van der Waals surface area contributed by atoms with Gasteiger partial charge >= 0.3 is 5.97 Å². The molecule has 164 valence electrons. The fraction of sp³-hybridized carbons (Fsp3) is 0.880. The van der Waals surface area contributed by atoms with Crippen LogP contribution in [0.1, 0.15) is 78.6 Å². The molecule has 0 saturated heterocycles. The minimum Gasteiger partial charge on any atom is -0.481 e. The van der Waals surface area contributed by atoms with Gasteiger partial charge in [-0.05, 0) is 103 Å². The molecule has 4 rings (SSSR count). The number of aliphatic hydroxyl groups is 2. The lowest BCUT2D eigenvalue weighted by atomic mass is 9.43. The second-order valence-corrected chi connectivity index (χ2v) is 11.4. The van der Waals surface area contributed by atoms with Crippen LogP contribution in [0.4, 0.5) is 0 Å². The Morgan fingerprint density at radius 3 is 2.45 bits per heavy atom. The zero-order valence-electron chi connectivity index (χ0n) is 18.4. The van der Waals surface area contributed by atoms with E-state index in [2.05, 4.69) is 27.4 Å². The van der Waals surface area contributed by atoms with E-state index in [1.807, 2.05) is 0 Å². The van der Waals surface area contributed by atoms with E-state index in [0.717, 1.165) is 50.5 Å². The van der Waals surface area contributed by atoms with Crippen LogP contribution in [-0.2, 0) is 4.79 Å². The molecule has 0 aliphatic heterocycles. The highest BCUT2D eigenvalue weighted by Crippen LogP contribution is 2.69. The van der Waals surface area contributed by atoms with Crippen molar-refractivity contribution in [3.63, 3.8) is 0 Å². The summed E-state index contributed by atoms with van der Waals surface area (Å²) in [6.07, 6.45) is 7.59. The van der Waals surface area contributed by atoms with Crippen LogP contribution < -0.4 is 0 Å². The van der Waals surface area contributed by atoms with E-state index < -0.39 is 12.1 Å². The lowest BCUT2D eigenvalue weighted by Gasteiger charge is -2.63. The molecular formula is C25H40O4. The zero-order chi connectivity index (χ0) is 21.1. The van der Waals surface area contributed by atoms with Crippen LogP contribution in [0.2, 0.25) is 0 Å². The molecule has 0 aromatic heterocycles. The van der Waals surface area contributed by atoms with Crippen LogP contribution in [0.3, 0.4) is 0 Å². The first-order valence-electron chi connectivity index (χ1n) is 11.9. The second-order valence-electron chi connectivity index (χ2n) is 11.4. The molecule has 10 atom stereocenters. The SMILES string of the molecule is C=C1C2C[C@H](O)CCC2(C)[C@H]2CCC3(C)C([C@H](C)CCC(=O)O)CC[C@H]3C2[C@@H]1O. The van der Waals surface area contributed by atoms with Crippen LogP contribution in [0.5, 0.6) is 0 Å². The molecule has 4 heteroatoms. The van der Waals surface area contributed by atoms with Crippen LogP contribution in [-0.4, -0.2) is 33.5 Å². The number of aliphatic hydroxyl groups excluding tert-OH is 2. The van der Waals surface area contributed by atoms with Gasteiger partial charge in [-0.2, -0.15) is 0 Å². The van der Waals surface area contributed by atoms with Crippen molar-refractivity contribution in [2.24, 2.45) is 46.3 Å². The molecule has 4 nitrogen and oxygen atoms in total. The Hall–Kier alpha value is -0.870. The predicted octanol–water partition coefficient (Wildman–Crippen LogP) is 4.64. The van der Waals surface area contributed by atoms with E-state index in [-0.39, 0.29) is 35.2 Å². The molecule has 3 N–H and O–H groups in total. The van der Waals surface area contributed by atoms with Gasteiger partial charge in [-0.1, -0.05) is 27.4 Å². The van der Waals surface area contributed by atoms with Crippen molar-refractivity contribution >= 4 is 5.97 Å². The van der Waals surface area contributed by atoms with Crippen LogP contribution in [0.15, 0.2) is 12.2 Å². The number of aliphatic carboxylic acids is 1. The van der Waals surface area contributed by atoms with Gasteiger partial charge < -0.3 is 15.3 Å². The zero-order valence-corrected chi connectivity index (χ0v) is 18.4. The smallest absolute Gasteiger partial charge is 0.303 e. The largest absolute Gasteiger partial charge is 0.481 e. The summed E-state index contributed by atoms with van der Waals surface area (Å²) >= 11 is 0. The lowest BCUT2D eigenvalue weighted by Crippen LogP contribution is -2.59. The Morgan fingerprint density at radius 2 is 1.76 bits per heavy atom. The van der Waals surface area contributed by atoms with Crippen molar-refractivity contribution in [3.05, 3.63) is 12.2 Å². The molecular weight excluding hydrogens is 364 g/mol. The highest BCUT2D eigenvalue weighted by molar-refractivity contribution is 5.66. The maximum absolute atomic E-state index is 11.4. The van der Waals surface area contributed by atoms with E-state index in [4.69, 9.17) is 5.11 Å². The average Bonchev–Trinajstić information content (AvgIpc) is 3.02. The summed E-state index contributed by atoms with van der Waals surface area (Å²) in [4.78, 5) is 11.1. The first kappa shape index (κ1) is 21.4. The van der Waals surface area contributed by atoms with Gasteiger partial charge in [0.1, 0.15) is 0 Å². The number of carboxylic acid groups (broad SMARTS) is 1. The third kappa shape index (κ3) is 3.20. The van der Waals surface area contributed by atoms with E-state index in [0.29, 0.717) is 23.7 Å². The normalized spacial score (nSPS) is 50.4. The van der Waals surface area contributed by atoms with Crippen molar-refractivity contribution in [3.8, 4) is 0 Å². The molecule has 0 heterocycles. The van der Waals surface area contributed by atoms with Crippen molar-refractivity contribution in [2.75, 3.05) is 0 Å². The van der Waals surface area contributed by atoms with Gasteiger partial charge in [0, 0.05) is 6.42 Å². The van der Waals surface area contributed by atoms with E-state index in [1.54, 1.807) is 0 Å². The van der Waals surface area contributed by atoms with E-state index in [9.17, 15) is 15.0 Å². The lowest BCUT2D eigenvalue weighted by molar-refractivity contribution is -0.147. The summed E-state index contributed by atoms with van der Waals surface area (Å²) in [7, 11) is 0. The number of hydrogen-bond acceptors (Lipinski definition) is 3. The molecule has 4 saturated carbocycles. The minimum absolute atomic E-state index is 0.147. The molecule has 29 heavy (non-hydrogen) atoms. The first-order valence-corrected chi connectivity index (χ1v) is 11.9. The number of hydrogen-bond donors (Lipinski definition) is 3. The van der Waals surface area contributed by atoms with Crippen molar-refractivity contribution in [2.45, 2.75) is 90.8 Å². The average molecular weight is 405 g/mol. The molecule has 5 unspecified atom stereocenters. The standard InChI is InChI=1S/C25H40O4/c1-14(5-8-21(27)28)17-6-7-18-22-19(10-12-24(17,18)3)25(4)11-9-16(26)13-20(25)15(2)23(22)29/h14,16-20,22-23,26,29H,2,5-13H2,1,3-4H3,(H,27,28)/t14-,16-,17?,18+,19+,20?,22?,23-,24?,25?/m1/s1. The van der Waals surface area contributed by atoms with Gasteiger partial charge in [-0.15, -0.1) is 0 Å². The maximum Gasteiger partial charge on any atom is 0.303 e. The van der Waals surface area contributed by atoms with Gasteiger partial charge in [0.05, 0.1) is 12.2 Å². The van der Waals surface area contributed by atoms with Crippen LogP contribution >= 0.6 is 0 Å². The Kier molecular flexibility index (Phi) is 5.43. The highest BCUT2D eigenvalue weighted by atomic mass is 16.4. The predicted molar refractivity (Wildman–Crippen MR) is 113 cm³/mol. The Bertz CT molecular complexity index is 674. The summed E-state index contributed by atoms with van der Waals surface area (Å²) in [5.41, 5.74) is 1.31. The second kappa shape index (κ2) is 7.37. The number of fused-ring (bicyclic) bond motifs is 5. The topological polar surface area (TPSA) is 77.8 Å². The van der Waals surface area contributed by atoms with Crippen LogP contribution in [0, 0.1) is 46.3 Å². The Balaban J connectivity index is 1.60. The summed E-state index contributed by atoms with van der Waals surface area (Å²) in [5.74, 6) is 1.77. The monoisotopic (exact) mass is 404 g/mol. The molecule has 0 amide bonds. The van der Waals surface area contributed by atoms with Crippen molar-refractivity contribution in [1.82, 2.24) is 0 Å². The molecule has 0 aromatic carbocycles. The van der Waals surface area contributed by atoms with Gasteiger partial charge in [0.2, 0.25) is 0 Å².